The van der Waals surface area contributed by atoms with Crippen LogP contribution in [0.3, 0.4) is 0 Å². The molecule has 4 nitrogen and oxygen atoms in total. The van der Waals surface area contributed by atoms with Gasteiger partial charge in [-0.05, 0) is 38.1 Å². The number of benzene rings is 1. The van der Waals surface area contributed by atoms with Crippen molar-refractivity contribution >= 4 is 11.5 Å². The molecule has 0 atom stereocenters. The van der Waals surface area contributed by atoms with Crippen LogP contribution in [-0.4, -0.2) is 23.1 Å². The van der Waals surface area contributed by atoms with Crippen molar-refractivity contribution in [1.82, 2.24) is 9.97 Å². The van der Waals surface area contributed by atoms with Crippen molar-refractivity contribution in [2.24, 2.45) is 0 Å². The summed E-state index contributed by atoms with van der Waals surface area (Å²) in [6.45, 7) is 4.25. The van der Waals surface area contributed by atoms with Crippen LogP contribution in [0.15, 0.2) is 42.9 Å². The first kappa shape index (κ1) is 12.4. The van der Waals surface area contributed by atoms with Crippen molar-refractivity contribution in [2.75, 3.05) is 12.0 Å². The largest absolute Gasteiger partial charge is 0.497 e. The summed E-state index contributed by atoms with van der Waals surface area (Å²) in [5, 5.41) is 0. The number of nitrogens with zero attached hydrogens (tertiary/aromatic N) is 3. The van der Waals surface area contributed by atoms with Crippen LogP contribution in [0, 0.1) is 0 Å². The molecule has 0 bridgehead atoms. The van der Waals surface area contributed by atoms with Gasteiger partial charge in [-0.3, -0.25) is 4.98 Å². The highest BCUT2D eigenvalue weighted by atomic mass is 16.5. The zero-order chi connectivity index (χ0) is 13.0. The Morgan fingerprint density at radius 3 is 2.33 bits per heavy atom. The summed E-state index contributed by atoms with van der Waals surface area (Å²) in [4.78, 5) is 10.6. The summed E-state index contributed by atoms with van der Waals surface area (Å²) in [6, 6.07) is 8.23. The SMILES string of the molecule is COc1ccc(N(c2cnccn2)C(C)C)cc1. The Bertz CT molecular complexity index is 482. The average Bonchev–Trinajstić information content (AvgIpc) is 2.40. The first-order chi connectivity index (χ1) is 8.72. The summed E-state index contributed by atoms with van der Waals surface area (Å²) in [6.07, 6.45) is 5.15. The first-order valence-corrected chi connectivity index (χ1v) is 5.91. The Morgan fingerprint density at radius 1 is 1.11 bits per heavy atom. The van der Waals surface area contributed by atoms with Crippen LogP contribution in [0.4, 0.5) is 11.5 Å². The lowest BCUT2D eigenvalue weighted by molar-refractivity contribution is 0.415. The zero-order valence-electron chi connectivity index (χ0n) is 10.9. The molecule has 1 heterocycles. The number of rotatable bonds is 4. The molecule has 4 heteroatoms. The fourth-order valence-corrected chi connectivity index (χ4v) is 1.85. The topological polar surface area (TPSA) is 38.2 Å². The molecule has 0 aliphatic heterocycles. The number of ether oxygens (including phenoxy) is 1. The van der Waals surface area contributed by atoms with E-state index in [9.17, 15) is 0 Å². The van der Waals surface area contributed by atoms with Gasteiger partial charge in [0.2, 0.25) is 0 Å². The molecule has 0 radical (unpaired) electrons. The molecule has 1 aromatic heterocycles. The van der Waals surface area contributed by atoms with Crippen LogP contribution in [0.25, 0.3) is 0 Å². The summed E-state index contributed by atoms with van der Waals surface area (Å²) in [5.41, 5.74) is 1.08. The maximum absolute atomic E-state index is 5.17. The van der Waals surface area contributed by atoms with Gasteiger partial charge < -0.3 is 9.64 Å². The van der Waals surface area contributed by atoms with Gasteiger partial charge >= 0.3 is 0 Å². The molecule has 0 aliphatic rings. The number of hydrogen-bond donors (Lipinski definition) is 0. The molecule has 2 rings (SSSR count). The minimum Gasteiger partial charge on any atom is -0.497 e. The summed E-state index contributed by atoms with van der Waals surface area (Å²) >= 11 is 0. The quantitative estimate of drug-likeness (QED) is 0.827. The van der Waals surface area contributed by atoms with Crippen LogP contribution in [0.1, 0.15) is 13.8 Å². The lowest BCUT2D eigenvalue weighted by Crippen LogP contribution is -2.26. The van der Waals surface area contributed by atoms with Crippen molar-refractivity contribution in [1.29, 1.82) is 0 Å². The van der Waals surface area contributed by atoms with E-state index in [1.54, 1.807) is 25.7 Å². The van der Waals surface area contributed by atoms with Crippen LogP contribution >= 0.6 is 0 Å². The van der Waals surface area contributed by atoms with Gasteiger partial charge in [0.15, 0.2) is 5.82 Å². The Balaban J connectivity index is 2.36. The third-order valence-electron chi connectivity index (χ3n) is 2.66. The van der Waals surface area contributed by atoms with E-state index in [1.807, 2.05) is 24.3 Å². The van der Waals surface area contributed by atoms with E-state index in [0.29, 0.717) is 6.04 Å². The second-order valence-electron chi connectivity index (χ2n) is 4.23. The van der Waals surface area contributed by atoms with E-state index in [1.165, 1.54) is 0 Å². The average molecular weight is 243 g/mol. The molecule has 0 saturated carbocycles. The highest BCUT2D eigenvalue weighted by Gasteiger charge is 2.14. The summed E-state index contributed by atoms with van der Waals surface area (Å²) in [7, 11) is 1.66. The van der Waals surface area contributed by atoms with Gasteiger partial charge in [0.25, 0.3) is 0 Å². The molecule has 18 heavy (non-hydrogen) atoms. The van der Waals surface area contributed by atoms with E-state index < -0.39 is 0 Å². The Hall–Kier alpha value is -2.10. The van der Waals surface area contributed by atoms with Gasteiger partial charge in [-0.2, -0.15) is 0 Å². The highest BCUT2D eigenvalue weighted by Crippen LogP contribution is 2.27. The molecule has 0 spiro atoms. The highest BCUT2D eigenvalue weighted by molar-refractivity contribution is 5.60. The minimum atomic E-state index is 0.301. The predicted octanol–water partition coefficient (Wildman–Crippen LogP) is 3.03. The standard InChI is InChI=1S/C14H17N3O/c1-11(2)17(14-10-15-8-9-16-14)12-4-6-13(18-3)7-5-12/h4-11H,1-3H3. The fourth-order valence-electron chi connectivity index (χ4n) is 1.85. The Labute approximate surface area is 107 Å². The van der Waals surface area contributed by atoms with Crippen molar-refractivity contribution in [2.45, 2.75) is 19.9 Å². The smallest absolute Gasteiger partial charge is 0.151 e. The second kappa shape index (κ2) is 5.49. The summed E-state index contributed by atoms with van der Waals surface area (Å²) in [5.74, 6) is 1.69. The summed E-state index contributed by atoms with van der Waals surface area (Å²) < 4.78 is 5.17. The Morgan fingerprint density at radius 2 is 1.83 bits per heavy atom. The van der Waals surface area contributed by atoms with Crippen molar-refractivity contribution in [3.63, 3.8) is 0 Å². The van der Waals surface area contributed by atoms with Crippen molar-refractivity contribution < 1.29 is 4.74 Å². The Kier molecular flexibility index (Phi) is 3.77. The van der Waals surface area contributed by atoms with Gasteiger partial charge in [0.1, 0.15) is 5.75 Å². The van der Waals surface area contributed by atoms with Crippen LogP contribution in [-0.2, 0) is 0 Å². The maximum atomic E-state index is 5.17. The molecular weight excluding hydrogens is 226 g/mol. The number of methoxy groups -OCH3 is 1. The molecule has 0 fully saturated rings. The molecule has 0 amide bonds. The predicted molar refractivity (Wildman–Crippen MR) is 72.3 cm³/mol. The maximum Gasteiger partial charge on any atom is 0.151 e. The normalized spacial score (nSPS) is 10.4. The van der Waals surface area contributed by atoms with E-state index >= 15 is 0 Å². The van der Waals surface area contributed by atoms with Gasteiger partial charge in [-0.15, -0.1) is 0 Å². The fraction of sp³-hybridized carbons (Fsp3) is 0.286. The first-order valence-electron chi connectivity index (χ1n) is 5.91. The van der Waals surface area contributed by atoms with E-state index in [4.69, 9.17) is 4.74 Å². The third-order valence-corrected chi connectivity index (χ3v) is 2.66. The molecule has 0 unspecified atom stereocenters. The van der Waals surface area contributed by atoms with Gasteiger partial charge in [0.05, 0.1) is 13.3 Å². The van der Waals surface area contributed by atoms with Crippen LogP contribution in [0.2, 0.25) is 0 Å². The molecule has 0 N–H and O–H groups in total. The minimum absolute atomic E-state index is 0.301. The van der Waals surface area contributed by atoms with Crippen molar-refractivity contribution in [3.8, 4) is 5.75 Å². The molecule has 0 aliphatic carbocycles. The third kappa shape index (κ3) is 2.59. The molecule has 94 valence electrons. The monoisotopic (exact) mass is 243 g/mol. The zero-order valence-corrected chi connectivity index (χ0v) is 10.9. The van der Waals surface area contributed by atoms with E-state index in [0.717, 1.165) is 17.3 Å². The number of hydrogen-bond acceptors (Lipinski definition) is 4. The molecule has 2 aromatic rings. The lowest BCUT2D eigenvalue weighted by Gasteiger charge is -2.27. The second-order valence-corrected chi connectivity index (χ2v) is 4.23. The van der Waals surface area contributed by atoms with Gasteiger partial charge in [-0.1, -0.05) is 0 Å². The van der Waals surface area contributed by atoms with E-state index in [-0.39, 0.29) is 0 Å². The van der Waals surface area contributed by atoms with E-state index in [2.05, 4.69) is 28.7 Å². The van der Waals surface area contributed by atoms with Crippen LogP contribution in [0.5, 0.6) is 5.75 Å². The number of anilines is 2. The number of aromatic nitrogens is 2. The lowest BCUT2D eigenvalue weighted by atomic mass is 10.2. The van der Waals surface area contributed by atoms with Crippen molar-refractivity contribution in [3.05, 3.63) is 42.9 Å². The molecular formula is C14H17N3O. The van der Waals surface area contributed by atoms with Crippen LogP contribution < -0.4 is 9.64 Å². The van der Waals surface area contributed by atoms with Gasteiger partial charge in [-0.25, -0.2) is 4.98 Å². The van der Waals surface area contributed by atoms with Gasteiger partial charge in [0, 0.05) is 24.1 Å². The molecule has 1 aromatic carbocycles. The molecule has 0 saturated heterocycles.